The van der Waals surface area contributed by atoms with Crippen LogP contribution in [0.4, 0.5) is 5.69 Å². The summed E-state index contributed by atoms with van der Waals surface area (Å²) in [6, 6.07) is 8.66. The Balaban J connectivity index is 1.89. The molecule has 0 aliphatic heterocycles. The van der Waals surface area contributed by atoms with Gasteiger partial charge >= 0.3 is 0 Å². The number of nitrogens with one attached hydrogen (secondary N) is 1. The predicted molar refractivity (Wildman–Crippen MR) is 84.1 cm³/mol. The second-order valence-electron chi connectivity index (χ2n) is 6.60. The number of aryl methyl sites for hydroxylation is 1. The molecule has 1 aliphatic carbocycles. The van der Waals surface area contributed by atoms with Crippen molar-refractivity contribution in [1.82, 2.24) is 10.2 Å². The van der Waals surface area contributed by atoms with Gasteiger partial charge in [0.1, 0.15) is 0 Å². The van der Waals surface area contributed by atoms with Crippen LogP contribution in [-0.4, -0.2) is 16.2 Å². The smallest absolute Gasteiger partial charge is 0.249 e. The van der Waals surface area contributed by atoms with Crippen LogP contribution in [0.2, 0.25) is 0 Å². The maximum Gasteiger partial charge on any atom is 0.249 e. The van der Waals surface area contributed by atoms with Gasteiger partial charge in [0.15, 0.2) is 0 Å². The van der Waals surface area contributed by atoms with Gasteiger partial charge in [0, 0.05) is 18.7 Å². The van der Waals surface area contributed by atoms with Crippen LogP contribution in [-0.2, 0) is 0 Å². The van der Waals surface area contributed by atoms with Crippen molar-refractivity contribution in [1.29, 1.82) is 0 Å². The summed E-state index contributed by atoms with van der Waals surface area (Å²) in [6.07, 6.45) is 5.11. The molecule has 0 radical (unpaired) electrons. The number of hydrogen-bond acceptors (Lipinski definition) is 4. The van der Waals surface area contributed by atoms with Crippen LogP contribution in [0.3, 0.4) is 0 Å². The van der Waals surface area contributed by atoms with Crippen molar-refractivity contribution in [2.75, 3.05) is 5.32 Å². The molecule has 1 aliphatic rings. The van der Waals surface area contributed by atoms with Crippen molar-refractivity contribution in [3.8, 4) is 11.5 Å². The Morgan fingerprint density at radius 2 is 2.00 bits per heavy atom. The van der Waals surface area contributed by atoms with E-state index in [2.05, 4.69) is 35.4 Å². The fourth-order valence-electron chi connectivity index (χ4n) is 3.15. The van der Waals surface area contributed by atoms with E-state index in [1.165, 1.54) is 25.7 Å². The monoisotopic (exact) mass is 285 g/mol. The summed E-state index contributed by atoms with van der Waals surface area (Å²) in [5.74, 6) is 1.18. The van der Waals surface area contributed by atoms with Crippen molar-refractivity contribution in [2.45, 2.75) is 52.5 Å². The first kappa shape index (κ1) is 14.1. The van der Waals surface area contributed by atoms with Crippen molar-refractivity contribution < 1.29 is 4.42 Å². The third-order valence-corrected chi connectivity index (χ3v) is 4.52. The summed E-state index contributed by atoms with van der Waals surface area (Å²) >= 11 is 0. The Morgan fingerprint density at radius 3 is 2.71 bits per heavy atom. The molecular weight excluding hydrogens is 262 g/mol. The molecule has 1 atom stereocenters. The quantitative estimate of drug-likeness (QED) is 0.906. The largest absolute Gasteiger partial charge is 0.421 e. The highest BCUT2D eigenvalue weighted by atomic mass is 16.4. The van der Waals surface area contributed by atoms with E-state index in [1.807, 2.05) is 25.1 Å². The molecule has 3 rings (SSSR count). The second-order valence-corrected chi connectivity index (χ2v) is 6.60. The zero-order valence-electron chi connectivity index (χ0n) is 13.0. The Kier molecular flexibility index (Phi) is 3.70. The molecule has 1 saturated carbocycles. The molecule has 0 spiro atoms. The number of rotatable bonds is 3. The average molecular weight is 285 g/mol. The number of aromatic nitrogens is 2. The van der Waals surface area contributed by atoms with E-state index in [0.717, 1.165) is 11.3 Å². The molecule has 1 N–H and O–H groups in total. The number of hydrogen-bond donors (Lipinski definition) is 1. The molecule has 0 saturated heterocycles. The number of benzene rings is 1. The van der Waals surface area contributed by atoms with Gasteiger partial charge in [-0.2, -0.15) is 0 Å². The Hall–Kier alpha value is -1.84. The third kappa shape index (κ3) is 2.94. The van der Waals surface area contributed by atoms with Gasteiger partial charge in [-0.05, 0) is 30.4 Å². The Bertz CT molecular complexity index is 618. The minimum absolute atomic E-state index is 0.316. The van der Waals surface area contributed by atoms with E-state index >= 15 is 0 Å². The van der Waals surface area contributed by atoms with Crippen molar-refractivity contribution in [3.05, 3.63) is 30.2 Å². The van der Waals surface area contributed by atoms with E-state index in [4.69, 9.17) is 4.42 Å². The van der Waals surface area contributed by atoms with Gasteiger partial charge < -0.3 is 9.73 Å². The number of para-hydroxylation sites is 1. The lowest BCUT2D eigenvalue weighted by atomic mass is 9.73. The molecule has 0 bridgehead atoms. The van der Waals surface area contributed by atoms with Gasteiger partial charge in [-0.15, -0.1) is 10.2 Å². The Morgan fingerprint density at radius 1 is 1.19 bits per heavy atom. The molecule has 1 aromatic heterocycles. The summed E-state index contributed by atoms with van der Waals surface area (Å²) < 4.78 is 5.59. The van der Waals surface area contributed by atoms with Crippen LogP contribution in [0.5, 0.6) is 0 Å². The van der Waals surface area contributed by atoms with Gasteiger partial charge in [-0.3, -0.25) is 0 Å². The predicted octanol–water partition coefficient (Wildman–Crippen LogP) is 4.43. The van der Waals surface area contributed by atoms with E-state index < -0.39 is 0 Å². The molecular formula is C17H23N3O. The van der Waals surface area contributed by atoms with Gasteiger partial charge in [0.2, 0.25) is 11.8 Å². The van der Waals surface area contributed by atoms with E-state index in [-0.39, 0.29) is 0 Å². The lowest BCUT2D eigenvalue weighted by Gasteiger charge is -2.39. The molecule has 2 aromatic rings. The minimum Gasteiger partial charge on any atom is -0.421 e. The van der Waals surface area contributed by atoms with Crippen LogP contribution >= 0.6 is 0 Å². The summed E-state index contributed by atoms with van der Waals surface area (Å²) in [7, 11) is 0. The highest BCUT2D eigenvalue weighted by molar-refractivity contribution is 5.72. The summed E-state index contributed by atoms with van der Waals surface area (Å²) in [6.45, 7) is 6.52. The fraction of sp³-hybridized carbons (Fsp3) is 0.529. The van der Waals surface area contributed by atoms with E-state index in [0.29, 0.717) is 23.2 Å². The number of nitrogens with zero attached hydrogens (tertiary/aromatic N) is 2. The van der Waals surface area contributed by atoms with Crippen LogP contribution in [0.25, 0.3) is 11.5 Å². The summed E-state index contributed by atoms with van der Waals surface area (Å²) in [5, 5.41) is 11.8. The molecule has 21 heavy (non-hydrogen) atoms. The standard InChI is InChI=1S/C17H23N3O/c1-12-19-20-16(21-12)13-8-4-5-9-14(13)18-15-10-6-7-11-17(15,2)3/h4-5,8-9,15,18H,6-7,10-11H2,1-3H3. The second kappa shape index (κ2) is 5.51. The molecule has 4 heteroatoms. The topological polar surface area (TPSA) is 51.0 Å². The zero-order chi connectivity index (χ0) is 14.9. The maximum atomic E-state index is 5.59. The third-order valence-electron chi connectivity index (χ3n) is 4.52. The van der Waals surface area contributed by atoms with Crippen molar-refractivity contribution in [2.24, 2.45) is 5.41 Å². The summed E-state index contributed by atoms with van der Waals surface area (Å²) in [5.41, 5.74) is 2.39. The van der Waals surface area contributed by atoms with Crippen molar-refractivity contribution in [3.63, 3.8) is 0 Å². The van der Waals surface area contributed by atoms with Crippen molar-refractivity contribution >= 4 is 5.69 Å². The van der Waals surface area contributed by atoms with Gasteiger partial charge in [0.25, 0.3) is 0 Å². The van der Waals surface area contributed by atoms with Crippen LogP contribution in [0, 0.1) is 12.3 Å². The van der Waals surface area contributed by atoms with Crippen LogP contribution in [0.1, 0.15) is 45.4 Å². The SMILES string of the molecule is Cc1nnc(-c2ccccc2NC2CCCCC2(C)C)o1. The van der Waals surface area contributed by atoms with E-state index in [1.54, 1.807) is 0 Å². The van der Waals surface area contributed by atoms with Gasteiger partial charge in [0.05, 0.1) is 5.56 Å². The lowest BCUT2D eigenvalue weighted by molar-refractivity contribution is 0.217. The van der Waals surface area contributed by atoms with E-state index in [9.17, 15) is 0 Å². The lowest BCUT2D eigenvalue weighted by Crippen LogP contribution is -2.39. The average Bonchev–Trinajstić information content (AvgIpc) is 2.88. The molecule has 112 valence electrons. The van der Waals surface area contributed by atoms with Gasteiger partial charge in [-0.1, -0.05) is 38.8 Å². The minimum atomic E-state index is 0.316. The van der Waals surface area contributed by atoms with Crippen LogP contribution in [0.15, 0.2) is 28.7 Å². The number of anilines is 1. The maximum absolute atomic E-state index is 5.59. The Labute approximate surface area is 126 Å². The molecule has 1 unspecified atom stereocenters. The zero-order valence-corrected chi connectivity index (χ0v) is 13.0. The first-order chi connectivity index (χ1) is 10.1. The highest BCUT2D eigenvalue weighted by Gasteiger charge is 2.32. The normalized spacial score (nSPS) is 21.2. The summed E-state index contributed by atoms with van der Waals surface area (Å²) in [4.78, 5) is 0. The first-order valence-electron chi connectivity index (χ1n) is 7.72. The van der Waals surface area contributed by atoms with Gasteiger partial charge in [-0.25, -0.2) is 0 Å². The highest BCUT2D eigenvalue weighted by Crippen LogP contribution is 2.38. The molecule has 1 heterocycles. The molecule has 4 nitrogen and oxygen atoms in total. The first-order valence-corrected chi connectivity index (χ1v) is 7.72. The van der Waals surface area contributed by atoms with Crippen LogP contribution < -0.4 is 5.32 Å². The molecule has 0 amide bonds. The molecule has 1 aromatic carbocycles. The molecule has 1 fully saturated rings. The fourth-order valence-corrected chi connectivity index (χ4v) is 3.15.